The molecule has 2 aromatic heterocycles. The Hall–Kier alpha value is -3.00. The van der Waals surface area contributed by atoms with E-state index in [-0.39, 0.29) is 17.2 Å². The van der Waals surface area contributed by atoms with Crippen molar-refractivity contribution in [3.8, 4) is 0 Å². The summed E-state index contributed by atoms with van der Waals surface area (Å²) in [5, 5.41) is 12.1. The zero-order valence-corrected chi connectivity index (χ0v) is 18.4. The van der Waals surface area contributed by atoms with E-state index in [4.69, 9.17) is 4.98 Å². The van der Waals surface area contributed by atoms with Gasteiger partial charge >= 0.3 is 0 Å². The molecule has 2 aliphatic heterocycles. The van der Waals surface area contributed by atoms with Gasteiger partial charge in [-0.05, 0) is 25.3 Å². The van der Waals surface area contributed by atoms with E-state index >= 15 is 0 Å². The lowest BCUT2D eigenvalue weighted by Crippen LogP contribution is -2.61. The number of hydrogen-bond donors (Lipinski definition) is 1. The molecular weight excluding hydrogens is 402 g/mol. The lowest BCUT2D eigenvalue weighted by atomic mass is 9.71. The molecule has 4 heterocycles. The fraction of sp³-hybridized carbons (Fsp3) is 0.500. The zero-order valence-electron chi connectivity index (χ0n) is 18.4. The van der Waals surface area contributed by atoms with Gasteiger partial charge in [-0.25, -0.2) is 4.98 Å². The molecule has 3 aliphatic rings. The first-order valence-corrected chi connectivity index (χ1v) is 11.6. The van der Waals surface area contributed by atoms with Crippen LogP contribution >= 0.6 is 0 Å². The molecule has 0 bridgehead atoms. The number of carbonyl (C=O) groups excluding carboxylic acids is 1. The lowest BCUT2D eigenvalue weighted by Gasteiger charge is -2.50. The summed E-state index contributed by atoms with van der Waals surface area (Å²) in [4.78, 5) is 22.4. The number of H-pyrrole nitrogens is 1. The maximum absolute atomic E-state index is 13.0. The van der Waals surface area contributed by atoms with E-state index in [0.29, 0.717) is 11.5 Å². The van der Waals surface area contributed by atoms with Crippen molar-refractivity contribution in [2.45, 2.75) is 44.7 Å². The number of amides is 1. The number of aromatic nitrogens is 5. The molecule has 1 aromatic carbocycles. The van der Waals surface area contributed by atoms with E-state index in [1.165, 1.54) is 18.4 Å². The Balaban J connectivity index is 1.22. The van der Waals surface area contributed by atoms with Crippen LogP contribution in [0.2, 0.25) is 0 Å². The third kappa shape index (κ3) is 3.43. The van der Waals surface area contributed by atoms with Gasteiger partial charge in [0.2, 0.25) is 0 Å². The van der Waals surface area contributed by atoms with Crippen LogP contribution in [0.15, 0.2) is 42.7 Å². The highest BCUT2D eigenvalue weighted by atomic mass is 16.2. The van der Waals surface area contributed by atoms with E-state index in [2.05, 4.69) is 50.5 Å². The van der Waals surface area contributed by atoms with Crippen LogP contribution in [0, 0.1) is 5.41 Å². The molecule has 166 valence electrons. The first-order valence-electron chi connectivity index (χ1n) is 11.6. The molecule has 1 amide bonds. The van der Waals surface area contributed by atoms with Gasteiger partial charge < -0.3 is 4.90 Å². The first-order chi connectivity index (χ1) is 15.6. The molecule has 3 fully saturated rings. The summed E-state index contributed by atoms with van der Waals surface area (Å²) in [6.45, 7) is 7.10. The second-order valence-corrected chi connectivity index (χ2v) is 9.67. The summed E-state index contributed by atoms with van der Waals surface area (Å²) in [7, 11) is 0. The van der Waals surface area contributed by atoms with Crippen molar-refractivity contribution in [3.63, 3.8) is 0 Å². The Bertz CT molecular complexity index is 1110. The molecule has 1 spiro atoms. The summed E-state index contributed by atoms with van der Waals surface area (Å²) >= 11 is 0. The van der Waals surface area contributed by atoms with Crippen molar-refractivity contribution in [2.75, 3.05) is 26.2 Å². The number of benzene rings is 1. The molecule has 2 saturated heterocycles. The van der Waals surface area contributed by atoms with Crippen molar-refractivity contribution in [1.82, 2.24) is 34.8 Å². The van der Waals surface area contributed by atoms with Gasteiger partial charge in [0.1, 0.15) is 5.82 Å². The third-order valence-electron chi connectivity index (χ3n) is 7.26. The Labute approximate surface area is 187 Å². The molecule has 1 N–H and O–H groups in total. The first kappa shape index (κ1) is 19.7. The smallest absolute Gasteiger partial charge is 0.257 e. The quantitative estimate of drug-likeness (QED) is 0.649. The Morgan fingerprint density at radius 1 is 1.19 bits per heavy atom. The molecule has 1 saturated carbocycles. The molecule has 3 aromatic rings. The average Bonchev–Trinajstić information content (AvgIpc) is 3.19. The highest BCUT2D eigenvalue weighted by molar-refractivity contribution is 5.94. The monoisotopic (exact) mass is 431 g/mol. The number of carbonyl (C=O) groups is 1. The maximum Gasteiger partial charge on any atom is 0.257 e. The molecule has 1 unspecified atom stereocenters. The van der Waals surface area contributed by atoms with Crippen molar-refractivity contribution < 1.29 is 4.79 Å². The van der Waals surface area contributed by atoms with Crippen LogP contribution < -0.4 is 0 Å². The van der Waals surface area contributed by atoms with Crippen LogP contribution in [0.25, 0.3) is 0 Å². The van der Waals surface area contributed by atoms with Crippen molar-refractivity contribution in [2.24, 2.45) is 5.41 Å². The van der Waals surface area contributed by atoms with Gasteiger partial charge in [0.05, 0.1) is 11.8 Å². The highest BCUT2D eigenvalue weighted by Crippen LogP contribution is 2.49. The van der Waals surface area contributed by atoms with E-state index in [9.17, 15) is 4.79 Å². The average molecular weight is 432 g/mol. The van der Waals surface area contributed by atoms with Gasteiger partial charge in [-0.2, -0.15) is 10.2 Å². The topological polar surface area (TPSA) is 82.9 Å². The van der Waals surface area contributed by atoms with Gasteiger partial charge in [0.15, 0.2) is 5.82 Å². The van der Waals surface area contributed by atoms with Gasteiger partial charge in [0.25, 0.3) is 5.91 Å². The largest absolute Gasteiger partial charge is 0.337 e. The van der Waals surface area contributed by atoms with E-state index < -0.39 is 0 Å². The van der Waals surface area contributed by atoms with Crippen LogP contribution in [-0.4, -0.2) is 66.8 Å². The Morgan fingerprint density at radius 2 is 2.00 bits per heavy atom. The van der Waals surface area contributed by atoms with Crippen LogP contribution in [0.5, 0.6) is 0 Å². The molecule has 8 heteroatoms. The fourth-order valence-corrected chi connectivity index (χ4v) is 5.39. The standard InChI is InChI=1S/C24H29N7O/c1-2-31-12-19(10-25-31)23(32)30-15-24(16-30)14-29(11-17-6-4-3-5-7-17)13-20(24)22-26-21(27-28-22)18-8-9-18/h3-7,10,12,18,20H,2,8-9,11,13-16H2,1H3,(H,26,27,28). The summed E-state index contributed by atoms with van der Waals surface area (Å²) in [5.74, 6) is 2.83. The second kappa shape index (κ2) is 7.55. The number of aromatic amines is 1. The van der Waals surface area contributed by atoms with Crippen LogP contribution in [0.3, 0.4) is 0 Å². The number of nitrogens with one attached hydrogen (secondary N) is 1. The predicted octanol–water partition coefficient (Wildman–Crippen LogP) is 2.64. The molecule has 8 nitrogen and oxygen atoms in total. The minimum atomic E-state index is 0.0194. The molecule has 1 atom stereocenters. The lowest BCUT2D eigenvalue weighted by molar-refractivity contribution is 0.00179. The van der Waals surface area contributed by atoms with Gasteiger partial charge in [-0.15, -0.1) is 0 Å². The summed E-state index contributed by atoms with van der Waals surface area (Å²) in [6, 6.07) is 10.6. The number of likely N-dealkylation sites (tertiary alicyclic amines) is 2. The van der Waals surface area contributed by atoms with Crippen LogP contribution in [0.1, 0.15) is 59.2 Å². The number of hydrogen-bond acceptors (Lipinski definition) is 5. The normalized spacial score (nSPS) is 22.4. The Morgan fingerprint density at radius 3 is 2.72 bits per heavy atom. The number of rotatable bonds is 6. The van der Waals surface area contributed by atoms with Gasteiger partial charge in [0, 0.05) is 62.7 Å². The van der Waals surface area contributed by atoms with Crippen molar-refractivity contribution >= 4 is 5.91 Å². The minimum Gasteiger partial charge on any atom is -0.337 e. The predicted molar refractivity (Wildman–Crippen MR) is 119 cm³/mol. The zero-order chi connectivity index (χ0) is 21.7. The summed E-state index contributed by atoms with van der Waals surface area (Å²) < 4.78 is 1.80. The molecule has 1 aliphatic carbocycles. The molecule has 6 rings (SSSR count). The SMILES string of the molecule is CCn1cc(C(=O)N2CC3(CN(Cc4ccccc4)CC3c3nc(C4CC4)n[nH]3)C2)cn1. The van der Waals surface area contributed by atoms with E-state index in [1.807, 2.05) is 18.0 Å². The van der Waals surface area contributed by atoms with Crippen LogP contribution in [-0.2, 0) is 13.1 Å². The third-order valence-corrected chi connectivity index (χ3v) is 7.26. The molecule has 0 radical (unpaired) electrons. The fourth-order valence-electron chi connectivity index (χ4n) is 5.39. The van der Waals surface area contributed by atoms with E-state index in [0.717, 1.165) is 50.9 Å². The summed E-state index contributed by atoms with van der Waals surface area (Å²) in [6.07, 6.45) is 5.92. The second-order valence-electron chi connectivity index (χ2n) is 9.67. The molecule has 32 heavy (non-hydrogen) atoms. The van der Waals surface area contributed by atoms with Crippen molar-refractivity contribution in [1.29, 1.82) is 0 Å². The minimum absolute atomic E-state index is 0.0194. The number of nitrogens with zero attached hydrogens (tertiary/aromatic N) is 6. The van der Waals surface area contributed by atoms with Crippen LogP contribution in [0.4, 0.5) is 0 Å². The maximum atomic E-state index is 13.0. The molecular formula is C24H29N7O. The summed E-state index contributed by atoms with van der Waals surface area (Å²) in [5.41, 5.74) is 2.01. The Kier molecular flexibility index (Phi) is 4.64. The highest BCUT2D eigenvalue weighted by Gasteiger charge is 2.57. The van der Waals surface area contributed by atoms with E-state index in [1.54, 1.807) is 10.9 Å². The van der Waals surface area contributed by atoms with Gasteiger partial charge in [-0.3, -0.25) is 19.5 Å². The van der Waals surface area contributed by atoms with Crippen molar-refractivity contribution in [3.05, 3.63) is 65.5 Å². The van der Waals surface area contributed by atoms with Gasteiger partial charge in [-0.1, -0.05) is 30.3 Å². The number of aryl methyl sites for hydroxylation is 1.